The molecule has 2 N–H and O–H groups in total. The standard InChI is InChI=1S/C12H19N5.3ClH.Fe/c1-8-6-11(9(2)16-13-4)15-12(7-8)10(3)17-14-5;;;;/h6-7,13-14H,1-5H3;3*1H;/q;;;;+3/p-3. The van der Waals surface area contributed by atoms with Crippen molar-refractivity contribution in [1.82, 2.24) is 15.8 Å². The van der Waals surface area contributed by atoms with Crippen molar-refractivity contribution in [3.8, 4) is 0 Å². The minimum absolute atomic E-state index is 0. The van der Waals surface area contributed by atoms with Gasteiger partial charge in [-0.25, -0.2) is 4.98 Å². The summed E-state index contributed by atoms with van der Waals surface area (Å²) in [7, 11) is 3.54. The number of rotatable bonds is 4. The largest absolute Gasteiger partial charge is 3.00 e. The summed E-state index contributed by atoms with van der Waals surface area (Å²) in [6, 6.07) is 4.01. The topological polar surface area (TPSA) is 61.7 Å². The third-order valence-electron chi connectivity index (χ3n) is 2.27. The molecule has 1 radical (unpaired) electrons. The molecule has 1 heterocycles. The van der Waals surface area contributed by atoms with Crippen LogP contribution in [0.3, 0.4) is 0 Å². The van der Waals surface area contributed by atoms with Gasteiger partial charge in [0.1, 0.15) is 0 Å². The van der Waals surface area contributed by atoms with Gasteiger partial charge in [0.25, 0.3) is 0 Å². The Morgan fingerprint density at radius 3 is 1.52 bits per heavy atom. The van der Waals surface area contributed by atoms with E-state index in [-0.39, 0.29) is 54.3 Å². The maximum absolute atomic E-state index is 4.53. The number of halogens is 3. The van der Waals surface area contributed by atoms with Gasteiger partial charge in [-0.2, -0.15) is 10.2 Å². The van der Waals surface area contributed by atoms with E-state index in [4.69, 9.17) is 0 Å². The predicted octanol–water partition coefficient (Wildman–Crippen LogP) is -7.71. The van der Waals surface area contributed by atoms with Crippen molar-refractivity contribution in [3.05, 3.63) is 29.1 Å². The molecule has 9 heteroatoms. The van der Waals surface area contributed by atoms with Crippen molar-refractivity contribution in [2.75, 3.05) is 14.1 Å². The van der Waals surface area contributed by atoms with Crippen LogP contribution in [0.25, 0.3) is 0 Å². The van der Waals surface area contributed by atoms with Crippen LogP contribution in [0.4, 0.5) is 0 Å². The summed E-state index contributed by atoms with van der Waals surface area (Å²) < 4.78 is 0. The molecule has 0 saturated heterocycles. The first-order valence-electron chi connectivity index (χ1n) is 5.50. The summed E-state index contributed by atoms with van der Waals surface area (Å²) in [6.45, 7) is 5.88. The van der Waals surface area contributed by atoms with Crippen LogP contribution in [0.15, 0.2) is 22.3 Å². The van der Waals surface area contributed by atoms with Crippen molar-refractivity contribution in [2.45, 2.75) is 20.8 Å². The predicted molar refractivity (Wildman–Crippen MR) is 71.5 cm³/mol. The quantitative estimate of drug-likeness (QED) is 0.303. The maximum Gasteiger partial charge on any atom is 3.00 e. The zero-order valence-corrected chi connectivity index (χ0v) is 15.9. The first-order chi connectivity index (χ1) is 8.08. The maximum atomic E-state index is 4.53. The summed E-state index contributed by atoms with van der Waals surface area (Å²) in [5.41, 5.74) is 10.1. The van der Waals surface area contributed by atoms with E-state index in [1.165, 1.54) is 0 Å². The molecule has 0 aliphatic rings. The molecule has 0 aliphatic carbocycles. The Morgan fingerprint density at radius 1 is 0.905 bits per heavy atom. The van der Waals surface area contributed by atoms with Crippen LogP contribution < -0.4 is 48.1 Å². The number of hydrogen-bond acceptors (Lipinski definition) is 5. The molecule has 0 saturated carbocycles. The van der Waals surface area contributed by atoms with E-state index < -0.39 is 0 Å². The van der Waals surface area contributed by atoms with Crippen LogP contribution in [0.2, 0.25) is 0 Å². The normalized spacial score (nSPS) is 10.1. The molecule has 0 atom stereocenters. The van der Waals surface area contributed by atoms with Gasteiger partial charge in [-0.05, 0) is 38.5 Å². The second kappa shape index (κ2) is 14.4. The average molecular weight is 396 g/mol. The number of nitrogens with one attached hydrogen (secondary N) is 2. The Morgan fingerprint density at radius 2 is 1.24 bits per heavy atom. The molecule has 1 aromatic heterocycles. The van der Waals surface area contributed by atoms with Crippen LogP contribution in [0, 0.1) is 6.92 Å². The molecule has 0 unspecified atom stereocenters. The van der Waals surface area contributed by atoms with Gasteiger partial charge in [0.05, 0.1) is 22.8 Å². The second-order valence-corrected chi connectivity index (χ2v) is 3.76. The number of pyridine rings is 1. The van der Waals surface area contributed by atoms with Crippen LogP contribution in [-0.4, -0.2) is 30.5 Å². The van der Waals surface area contributed by atoms with E-state index in [9.17, 15) is 0 Å². The minimum atomic E-state index is 0. The SMILES string of the molecule is CNN=C(C)c1cc(C)cc(C(C)=NNC)n1.[Cl-].[Cl-].[Cl-].[Fe+3]. The number of aryl methyl sites for hydroxylation is 1. The Bertz CT molecular complexity index is 428. The van der Waals surface area contributed by atoms with Gasteiger partial charge in [-0.15, -0.1) is 0 Å². The molecule has 0 fully saturated rings. The third-order valence-corrected chi connectivity index (χ3v) is 2.27. The van der Waals surface area contributed by atoms with Crippen LogP contribution in [0.5, 0.6) is 0 Å². The van der Waals surface area contributed by atoms with Crippen LogP contribution >= 0.6 is 0 Å². The Labute approximate surface area is 155 Å². The number of hydrogen-bond donors (Lipinski definition) is 2. The fraction of sp³-hybridized carbons (Fsp3) is 0.417. The van der Waals surface area contributed by atoms with Crippen molar-refractivity contribution < 1.29 is 54.3 Å². The van der Waals surface area contributed by atoms with Gasteiger partial charge >= 0.3 is 17.1 Å². The van der Waals surface area contributed by atoms with Gasteiger partial charge in [-0.1, -0.05) is 0 Å². The molecule has 0 spiro atoms. The summed E-state index contributed by atoms with van der Waals surface area (Å²) in [6.07, 6.45) is 0. The smallest absolute Gasteiger partial charge is 1.00 e. The van der Waals surface area contributed by atoms with Gasteiger partial charge in [-0.3, -0.25) is 0 Å². The van der Waals surface area contributed by atoms with Crippen molar-refractivity contribution in [2.24, 2.45) is 10.2 Å². The van der Waals surface area contributed by atoms with E-state index in [1.54, 1.807) is 14.1 Å². The Hall–Kier alpha value is -0.521. The summed E-state index contributed by atoms with van der Waals surface area (Å²) in [5, 5.41) is 8.26. The molecule has 0 bridgehead atoms. The molecule has 0 aromatic carbocycles. The van der Waals surface area contributed by atoms with Gasteiger partial charge in [0.15, 0.2) is 0 Å². The van der Waals surface area contributed by atoms with E-state index in [2.05, 4.69) is 26.0 Å². The summed E-state index contributed by atoms with van der Waals surface area (Å²) >= 11 is 0. The Balaban J connectivity index is -0.000000361. The molecule has 121 valence electrons. The first-order valence-corrected chi connectivity index (χ1v) is 5.50. The van der Waals surface area contributed by atoms with Crippen LogP contribution in [-0.2, 0) is 17.1 Å². The minimum Gasteiger partial charge on any atom is -1.00 e. The molecule has 0 aliphatic heterocycles. The van der Waals surface area contributed by atoms with Gasteiger partial charge in [0, 0.05) is 14.1 Å². The monoisotopic (exact) mass is 394 g/mol. The van der Waals surface area contributed by atoms with Crippen molar-refractivity contribution in [1.29, 1.82) is 0 Å². The molecule has 21 heavy (non-hydrogen) atoms. The van der Waals surface area contributed by atoms with E-state index in [0.717, 1.165) is 28.4 Å². The van der Waals surface area contributed by atoms with E-state index >= 15 is 0 Å². The number of hydrazone groups is 2. The van der Waals surface area contributed by atoms with Crippen LogP contribution in [0.1, 0.15) is 30.8 Å². The molecule has 0 amide bonds. The third kappa shape index (κ3) is 9.17. The Kier molecular flexibility index (Phi) is 19.6. The zero-order chi connectivity index (χ0) is 12.8. The number of nitrogens with zero attached hydrogens (tertiary/aromatic N) is 3. The average Bonchev–Trinajstić information content (AvgIpc) is 2.29. The zero-order valence-electron chi connectivity index (χ0n) is 12.5. The molecule has 1 aromatic rings. The fourth-order valence-electron chi connectivity index (χ4n) is 1.49. The van der Waals surface area contributed by atoms with E-state index in [0.29, 0.717) is 0 Å². The first kappa shape index (κ1) is 28.6. The summed E-state index contributed by atoms with van der Waals surface area (Å²) in [5.74, 6) is 0. The fourth-order valence-corrected chi connectivity index (χ4v) is 1.49. The summed E-state index contributed by atoms with van der Waals surface area (Å²) in [4.78, 5) is 4.53. The van der Waals surface area contributed by atoms with Gasteiger partial charge in [0.2, 0.25) is 0 Å². The van der Waals surface area contributed by atoms with Gasteiger partial charge < -0.3 is 48.1 Å². The second-order valence-electron chi connectivity index (χ2n) is 3.76. The van der Waals surface area contributed by atoms with Crippen molar-refractivity contribution in [3.63, 3.8) is 0 Å². The molecular weight excluding hydrogens is 376 g/mol. The van der Waals surface area contributed by atoms with E-state index in [1.807, 2.05) is 32.9 Å². The van der Waals surface area contributed by atoms with Crippen molar-refractivity contribution >= 4 is 11.4 Å². The molecule has 5 nitrogen and oxygen atoms in total. The molecular formula is C12H19Cl3FeN5. The number of aromatic nitrogens is 1. The molecule has 1 rings (SSSR count).